The van der Waals surface area contributed by atoms with Crippen LogP contribution in [0.15, 0.2) is 18.2 Å². The highest BCUT2D eigenvalue weighted by atomic mass is 79.9. The van der Waals surface area contributed by atoms with E-state index in [1.807, 2.05) is 0 Å². The molecule has 1 aromatic carbocycles. The van der Waals surface area contributed by atoms with Crippen LogP contribution in [-0.2, 0) is 0 Å². The van der Waals surface area contributed by atoms with Crippen LogP contribution in [-0.4, -0.2) is 34.7 Å². The second-order valence-corrected chi connectivity index (χ2v) is 5.62. The lowest BCUT2D eigenvalue weighted by Crippen LogP contribution is -2.28. The van der Waals surface area contributed by atoms with Crippen LogP contribution in [0.3, 0.4) is 0 Å². The predicted octanol–water partition coefficient (Wildman–Crippen LogP) is 3.89. The van der Waals surface area contributed by atoms with Crippen molar-refractivity contribution in [2.75, 3.05) is 18.9 Å². The van der Waals surface area contributed by atoms with Gasteiger partial charge in [-0.1, -0.05) is 34.0 Å². The number of carbonyl (C=O) groups is 1. The summed E-state index contributed by atoms with van der Waals surface area (Å²) in [4.78, 5) is 24.1. The molecule has 0 bridgehead atoms. The zero-order valence-electron chi connectivity index (χ0n) is 11.1. The molecule has 0 aliphatic carbocycles. The number of carbonyl (C=O) groups excluding carboxylic acids is 1. The minimum absolute atomic E-state index is 0.0329. The van der Waals surface area contributed by atoms with Crippen molar-refractivity contribution < 1.29 is 9.72 Å². The number of hydrogen-bond donors (Lipinski definition) is 0. The Balaban J connectivity index is 2.80. The molecule has 0 aromatic heterocycles. The van der Waals surface area contributed by atoms with Crippen molar-refractivity contribution in [1.82, 2.24) is 4.90 Å². The number of benzene rings is 1. The summed E-state index contributed by atoms with van der Waals surface area (Å²) in [6.07, 6.45) is 2.90. The zero-order valence-corrected chi connectivity index (χ0v) is 13.5. The number of halogens is 2. The summed E-state index contributed by atoms with van der Waals surface area (Å²) < 4.78 is 0. The second kappa shape index (κ2) is 8.21. The molecular weight excluding hydrogens is 348 g/mol. The third-order valence-electron chi connectivity index (χ3n) is 2.86. The van der Waals surface area contributed by atoms with E-state index in [0.29, 0.717) is 11.6 Å². The lowest BCUT2D eigenvalue weighted by molar-refractivity contribution is -0.385. The van der Waals surface area contributed by atoms with E-state index in [-0.39, 0.29) is 17.2 Å². The van der Waals surface area contributed by atoms with E-state index in [1.165, 1.54) is 23.1 Å². The number of alkyl halides is 1. The summed E-state index contributed by atoms with van der Waals surface area (Å²) in [5.74, 6) is -0.377. The maximum atomic E-state index is 12.2. The van der Waals surface area contributed by atoms with Gasteiger partial charge >= 0.3 is 0 Å². The Kier molecular flexibility index (Phi) is 6.95. The molecule has 0 N–H and O–H groups in total. The number of rotatable bonds is 7. The van der Waals surface area contributed by atoms with E-state index in [2.05, 4.69) is 15.9 Å². The van der Waals surface area contributed by atoms with Gasteiger partial charge in [0.1, 0.15) is 5.56 Å². The van der Waals surface area contributed by atoms with Gasteiger partial charge in [0.15, 0.2) is 0 Å². The highest BCUT2D eigenvalue weighted by Crippen LogP contribution is 2.24. The molecule has 1 aromatic rings. The SMILES string of the molecule is CN(CCCCCBr)C(=O)c1cc(Cl)ccc1[N+](=O)[O-]. The minimum Gasteiger partial charge on any atom is -0.341 e. The third-order valence-corrected chi connectivity index (χ3v) is 3.66. The fourth-order valence-electron chi connectivity index (χ4n) is 1.77. The van der Waals surface area contributed by atoms with Crippen LogP contribution in [0.4, 0.5) is 5.69 Å². The lowest BCUT2D eigenvalue weighted by Gasteiger charge is -2.17. The smallest absolute Gasteiger partial charge is 0.282 e. The number of unbranched alkanes of at least 4 members (excludes halogenated alkanes) is 2. The summed E-state index contributed by atoms with van der Waals surface area (Å²) >= 11 is 9.16. The molecule has 0 aliphatic heterocycles. The highest BCUT2D eigenvalue weighted by Gasteiger charge is 2.22. The van der Waals surface area contributed by atoms with Crippen molar-refractivity contribution >= 4 is 39.1 Å². The van der Waals surface area contributed by atoms with Gasteiger partial charge < -0.3 is 4.90 Å². The van der Waals surface area contributed by atoms with Gasteiger partial charge in [-0.2, -0.15) is 0 Å². The molecule has 0 heterocycles. The van der Waals surface area contributed by atoms with Crippen LogP contribution in [0, 0.1) is 10.1 Å². The highest BCUT2D eigenvalue weighted by molar-refractivity contribution is 9.09. The molecular formula is C13H16BrClN2O3. The Labute approximate surface area is 131 Å². The van der Waals surface area contributed by atoms with Crippen LogP contribution < -0.4 is 0 Å². The van der Waals surface area contributed by atoms with Crippen molar-refractivity contribution in [2.24, 2.45) is 0 Å². The zero-order chi connectivity index (χ0) is 15.1. The third kappa shape index (κ3) is 4.76. The molecule has 7 heteroatoms. The monoisotopic (exact) mass is 362 g/mol. The number of nitro benzene ring substituents is 1. The number of amides is 1. The number of nitrogens with zero attached hydrogens (tertiary/aromatic N) is 2. The van der Waals surface area contributed by atoms with Gasteiger partial charge in [-0.3, -0.25) is 14.9 Å². The Morgan fingerprint density at radius 1 is 1.40 bits per heavy atom. The largest absolute Gasteiger partial charge is 0.341 e. The lowest BCUT2D eigenvalue weighted by atomic mass is 10.1. The normalized spacial score (nSPS) is 10.3. The maximum Gasteiger partial charge on any atom is 0.282 e. The molecule has 0 aliphatic rings. The first-order valence-electron chi connectivity index (χ1n) is 6.22. The first kappa shape index (κ1) is 16.9. The maximum absolute atomic E-state index is 12.2. The quantitative estimate of drug-likeness (QED) is 0.319. The Morgan fingerprint density at radius 3 is 2.70 bits per heavy atom. The van der Waals surface area contributed by atoms with Crippen LogP contribution in [0.25, 0.3) is 0 Å². The fraction of sp³-hybridized carbons (Fsp3) is 0.462. The molecule has 0 saturated carbocycles. The topological polar surface area (TPSA) is 63.5 Å². The van der Waals surface area contributed by atoms with Crippen LogP contribution in [0.1, 0.15) is 29.6 Å². The van der Waals surface area contributed by atoms with Crippen molar-refractivity contribution in [2.45, 2.75) is 19.3 Å². The second-order valence-electron chi connectivity index (χ2n) is 4.39. The van der Waals surface area contributed by atoms with Gasteiger partial charge in [-0.05, 0) is 25.0 Å². The standard InChI is InChI=1S/C13H16BrClN2O3/c1-16(8-4-2-3-7-14)13(18)11-9-10(15)5-6-12(11)17(19)20/h5-6,9H,2-4,7-8H2,1H3. The van der Waals surface area contributed by atoms with E-state index in [9.17, 15) is 14.9 Å². The Hall–Kier alpha value is -1.14. The molecule has 1 amide bonds. The molecule has 20 heavy (non-hydrogen) atoms. The van der Waals surface area contributed by atoms with Gasteiger partial charge in [-0.15, -0.1) is 0 Å². The summed E-state index contributed by atoms with van der Waals surface area (Å²) in [5.41, 5.74) is -0.183. The van der Waals surface area contributed by atoms with Gasteiger partial charge in [0, 0.05) is 30.0 Å². The van der Waals surface area contributed by atoms with Crippen molar-refractivity contribution in [3.05, 3.63) is 38.9 Å². The number of nitro groups is 1. The number of hydrogen-bond acceptors (Lipinski definition) is 3. The van der Waals surface area contributed by atoms with Crippen molar-refractivity contribution in [3.63, 3.8) is 0 Å². The van der Waals surface area contributed by atoms with Gasteiger partial charge in [0.2, 0.25) is 0 Å². The molecule has 0 unspecified atom stereocenters. The fourth-order valence-corrected chi connectivity index (χ4v) is 2.33. The Morgan fingerprint density at radius 2 is 2.10 bits per heavy atom. The molecule has 0 atom stereocenters. The van der Waals surface area contributed by atoms with E-state index in [4.69, 9.17) is 11.6 Å². The summed E-state index contributed by atoms with van der Waals surface area (Å²) in [5, 5.41) is 12.2. The van der Waals surface area contributed by atoms with Gasteiger partial charge in [-0.25, -0.2) is 0 Å². The molecule has 0 fully saturated rings. The first-order chi connectivity index (χ1) is 9.47. The Bertz CT molecular complexity index is 497. The van der Waals surface area contributed by atoms with Crippen LogP contribution in [0.5, 0.6) is 0 Å². The molecule has 0 saturated heterocycles. The molecule has 0 spiro atoms. The molecule has 0 radical (unpaired) electrons. The molecule has 5 nitrogen and oxygen atoms in total. The average molecular weight is 364 g/mol. The van der Waals surface area contributed by atoms with E-state index in [1.54, 1.807) is 7.05 Å². The van der Waals surface area contributed by atoms with Crippen molar-refractivity contribution in [3.8, 4) is 0 Å². The van der Waals surface area contributed by atoms with Crippen LogP contribution >= 0.6 is 27.5 Å². The van der Waals surface area contributed by atoms with Gasteiger partial charge in [0.05, 0.1) is 4.92 Å². The summed E-state index contributed by atoms with van der Waals surface area (Å²) in [6.45, 7) is 0.565. The van der Waals surface area contributed by atoms with E-state index >= 15 is 0 Å². The minimum atomic E-state index is -0.567. The van der Waals surface area contributed by atoms with E-state index in [0.717, 1.165) is 24.6 Å². The first-order valence-corrected chi connectivity index (χ1v) is 7.72. The molecule has 110 valence electrons. The average Bonchev–Trinajstić information content (AvgIpc) is 2.42. The predicted molar refractivity (Wildman–Crippen MR) is 82.7 cm³/mol. The van der Waals surface area contributed by atoms with E-state index < -0.39 is 4.92 Å². The van der Waals surface area contributed by atoms with Crippen molar-refractivity contribution in [1.29, 1.82) is 0 Å². The summed E-state index contributed by atoms with van der Waals surface area (Å²) in [7, 11) is 1.64. The van der Waals surface area contributed by atoms with Crippen LogP contribution in [0.2, 0.25) is 5.02 Å². The molecule has 1 rings (SSSR count). The summed E-state index contributed by atoms with van der Waals surface area (Å²) in [6, 6.07) is 4.01. The van der Waals surface area contributed by atoms with Gasteiger partial charge in [0.25, 0.3) is 11.6 Å².